The maximum Gasteiger partial charge on any atom is 0.223 e. The molecule has 112 valence electrons. The summed E-state index contributed by atoms with van der Waals surface area (Å²) in [5.41, 5.74) is 1.37. The Hall–Kier alpha value is -1.68. The fourth-order valence-corrected chi connectivity index (χ4v) is 3.30. The first-order chi connectivity index (χ1) is 10.3. The van der Waals surface area contributed by atoms with Gasteiger partial charge in [-0.1, -0.05) is 54.8 Å². The van der Waals surface area contributed by atoms with Gasteiger partial charge in [-0.3, -0.25) is 0 Å². The third-order valence-corrected chi connectivity index (χ3v) is 4.33. The molecule has 1 fully saturated rings. The number of aromatic nitrogens is 2. The van der Waals surface area contributed by atoms with E-state index in [1.165, 1.54) is 37.7 Å². The first-order valence-corrected chi connectivity index (χ1v) is 7.90. The van der Waals surface area contributed by atoms with Crippen LogP contribution in [0, 0.1) is 12.8 Å². The molecule has 0 radical (unpaired) electrons. The highest BCUT2D eigenvalue weighted by molar-refractivity contribution is 5.20. The molecule has 4 nitrogen and oxygen atoms in total. The van der Waals surface area contributed by atoms with Gasteiger partial charge in [0, 0.05) is 13.0 Å². The molecule has 0 bridgehead atoms. The zero-order valence-electron chi connectivity index (χ0n) is 12.6. The molecule has 2 aromatic rings. The summed E-state index contributed by atoms with van der Waals surface area (Å²) in [5, 5.41) is 7.63. The normalized spacial score (nSPS) is 17.8. The minimum Gasteiger partial charge on any atom is -0.340 e. The number of rotatable bonds is 5. The Labute approximate surface area is 126 Å². The van der Waals surface area contributed by atoms with Crippen molar-refractivity contribution < 1.29 is 4.52 Å². The van der Waals surface area contributed by atoms with E-state index >= 15 is 0 Å². The third-order valence-electron chi connectivity index (χ3n) is 4.33. The molecule has 21 heavy (non-hydrogen) atoms. The SMILES string of the molecule is Cc1nc(CNC(c2ccccc2)C2CCCCC2)no1. The Bertz CT molecular complexity index is 546. The lowest BCUT2D eigenvalue weighted by Gasteiger charge is -2.31. The number of benzene rings is 1. The summed E-state index contributed by atoms with van der Waals surface area (Å²) < 4.78 is 5.05. The number of nitrogens with zero attached hydrogens (tertiary/aromatic N) is 2. The van der Waals surface area contributed by atoms with Gasteiger partial charge in [0.25, 0.3) is 0 Å². The molecule has 1 aromatic heterocycles. The molecule has 0 saturated heterocycles. The van der Waals surface area contributed by atoms with E-state index in [1.54, 1.807) is 0 Å². The van der Waals surface area contributed by atoms with Crippen molar-refractivity contribution in [3.63, 3.8) is 0 Å². The molecule has 0 spiro atoms. The Morgan fingerprint density at radius 3 is 2.62 bits per heavy atom. The highest BCUT2D eigenvalue weighted by Gasteiger charge is 2.24. The zero-order valence-corrected chi connectivity index (χ0v) is 12.6. The third kappa shape index (κ3) is 3.70. The number of aryl methyl sites for hydroxylation is 1. The smallest absolute Gasteiger partial charge is 0.223 e. The van der Waals surface area contributed by atoms with Crippen LogP contribution in [0.5, 0.6) is 0 Å². The van der Waals surface area contributed by atoms with E-state index in [4.69, 9.17) is 4.52 Å². The average Bonchev–Trinajstić information content (AvgIpc) is 2.95. The minimum absolute atomic E-state index is 0.380. The van der Waals surface area contributed by atoms with Crippen molar-refractivity contribution in [1.29, 1.82) is 0 Å². The second-order valence-electron chi connectivity index (χ2n) is 5.90. The van der Waals surface area contributed by atoms with E-state index < -0.39 is 0 Å². The van der Waals surface area contributed by atoms with E-state index in [2.05, 4.69) is 45.8 Å². The van der Waals surface area contributed by atoms with Crippen LogP contribution in [0.1, 0.15) is 55.4 Å². The molecule has 0 aliphatic heterocycles. The van der Waals surface area contributed by atoms with Gasteiger partial charge in [0.15, 0.2) is 5.82 Å². The molecule has 1 heterocycles. The summed E-state index contributed by atoms with van der Waals surface area (Å²) in [5.74, 6) is 2.07. The van der Waals surface area contributed by atoms with Gasteiger partial charge in [0.1, 0.15) is 0 Å². The highest BCUT2D eigenvalue weighted by atomic mass is 16.5. The molecule has 1 atom stereocenters. The van der Waals surface area contributed by atoms with Gasteiger partial charge in [0.2, 0.25) is 5.89 Å². The summed E-state index contributed by atoms with van der Waals surface area (Å²) in [6, 6.07) is 11.1. The van der Waals surface area contributed by atoms with Crippen molar-refractivity contribution >= 4 is 0 Å². The van der Waals surface area contributed by atoms with Crippen LogP contribution in [0.15, 0.2) is 34.9 Å². The molecule has 1 saturated carbocycles. The second-order valence-corrected chi connectivity index (χ2v) is 5.90. The molecule has 3 rings (SSSR count). The molecular formula is C17H23N3O. The van der Waals surface area contributed by atoms with Crippen molar-refractivity contribution in [3.05, 3.63) is 47.6 Å². The molecular weight excluding hydrogens is 262 g/mol. The van der Waals surface area contributed by atoms with Crippen LogP contribution in [0.4, 0.5) is 0 Å². The molecule has 1 aliphatic carbocycles. The lowest BCUT2D eigenvalue weighted by Crippen LogP contribution is -2.29. The van der Waals surface area contributed by atoms with Gasteiger partial charge in [-0.2, -0.15) is 4.98 Å². The first-order valence-electron chi connectivity index (χ1n) is 7.90. The Kier molecular flexibility index (Phi) is 4.65. The predicted molar refractivity (Wildman–Crippen MR) is 81.6 cm³/mol. The van der Waals surface area contributed by atoms with Crippen molar-refractivity contribution in [3.8, 4) is 0 Å². The maximum atomic E-state index is 5.05. The van der Waals surface area contributed by atoms with E-state index in [0.29, 0.717) is 24.4 Å². The minimum atomic E-state index is 0.380. The molecule has 1 aliphatic rings. The Morgan fingerprint density at radius 1 is 1.19 bits per heavy atom. The fraction of sp³-hybridized carbons (Fsp3) is 0.529. The van der Waals surface area contributed by atoms with E-state index in [-0.39, 0.29) is 0 Å². The lowest BCUT2D eigenvalue weighted by molar-refractivity contribution is 0.268. The van der Waals surface area contributed by atoms with Gasteiger partial charge >= 0.3 is 0 Å². The van der Waals surface area contributed by atoms with Gasteiger partial charge < -0.3 is 9.84 Å². The van der Waals surface area contributed by atoms with E-state index in [9.17, 15) is 0 Å². The van der Waals surface area contributed by atoms with Crippen LogP contribution in [0.3, 0.4) is 0 Å². The average molecular weight is 285 g/mol. The summed E-state index contributed by atoms with van der Waals surface area (Å²) >= 11 is 0. The van der Waals surface area contributed by atoms with Crippen molar-refractivity contribution in [2.45, 2.75) is 51.6 Å². The van der Waals surface area contributed by atoms with Gasteiger partial charge in [-0.05, 0) is 24.3 Å². The zero-order chi connectivity index (χ0) is 14.5. The number of nitrogens with one attached hydrogen (secondary N) is 1. The van der Waals surface area contributed by atoms with Crippen LogP contribution in [0.2, 0.25) is 0 Å². The standard InChI is InChI=1S/C17H23N3O/c1-13-19-16(20-21-13)12-18-17(14-8-4-2-5-9-14)15-10-6-3-7-11-15/h2,4-5,8-9,15,17-18H,3,6-7,10-12H2,1H3. The monoisotopic (exact) mass is 285 g/mol. The van der Waals surface area contributed by atoms with Crippen LogP contribution in [-0.2, 0) is 6.54 Å². The number of hydrogen-bond acceptors (Lipinski definition) is 4. The first kappa shape index (κ1) is 14.3. The van der Waals surface area contributed by atoms with E-state index in [1.807, 2.05) is 6.92 Å². The predicted octanol–water partition coefficient (Wildman–Crippen LogP) is 3.79. The topological polar surface area (TPSA) is 51.0 Å². The summed E-state index contributed by atoms with van der Waals surface area (Å²) in [6.45, 7) is 2.49. The summed E-state index contributed by atoms with van der Waals surface area (Å²) in [7, 11) is 0. The molecule has 1 aromatic carbocycles. The largest absolute Gasteiger partial charge is 0.340 e. The molecule has 0 amide bonds. The van der Waals surface area contributed by atoms with Gasteiger partial charge in [-0.25, -0.2) is 0 Å². The summed E-state index contributed by atoms with van der Waals surface area (Å²) in [4.78, 5) is 4.28. The second kappa shape index (κ2) is 6.85. The van der Waals surface area contributed by atoms with Crippen LogP contribution >= 0.6 is 0 Å². The van der Waals surface area contributed by atoms with Gasteiger partial charge in [-0.15, -0.1) is 0 Å². The molecule has 4 heteroatoms. The van der Waals surface area contributed by atoms with Crippen molar-refractivity contribution in [2.75, 3.05) is 0 Å². The van der Waals surface area contributed by atoms with Gasteiger partial charge in [0.05, 0.1) is 6.54 Å². The molecule has 1 unspecified atom stereocenters. The summed E-state index contributed by atoms with van der Waals surface area (Å²) in [6.07, 6.45) is 6.67. The van der Waals surface area contributed by atoms with Crippen LogP contribution in [-0.4, -0.2) is 10.1 Å². The highest BCUT2D eigenvalue weighted by Crippen LogP contribution is 2.34. The maximum absolute atomic E-state index is 5.05. The Balaban J connectivity index is 1.72. The molecule has 1 N–H and O–H groups in total. The quantitative estimate of drug-likeness (QED) is 0.908. The van der Waals surface area contributed by atoms with E-state index in [0.717, 1.165) is 5.82 Å². The fourth-order valence-electron chi connectivity index (χ4n) is 3.30. The Morgan fingerprint density at radius 2 is 1.95 bits per heavy atom. The lowest BCUT2D eigenvalue weighted by atomic mass is 9.81. The number of hydrogen-bond donors (Lipinski definition) is 1. The van der Waals surface area contributed by atoms with Crippen LogP contribution in [0.25, 0.3) is 0 Å². The van der Waals surface area contributed by atoms with Crippen molar-refractivity contribution in [1.82, 2.24) is 15.5 Å². The van der Waals surface area contributed by atoms with Crippen LogP contribution < -0.4 is 5.32 Å². The van der Waals surface area contributed by atoms with Crippen molar-refractivity contribution in [2.24, 2.45) is 5.92 Å².